The smallest absolute Gasteiger partial charge is 0.265 e. The highest BCUT2D eigenvalue weighted by Gasteiger charge is 2.20. The van der Waals surface area contributed by atoms with E-state index >= 15 is 0 Å². The van der Waals surface area contributed by atoms with Gasteiger partial charge in [0.05, 0.1) is 28.0 Å². The van der Waals surface area contributed by atoms with Crippen molar-refractivity contribution in [1.82, 2.24) is 14.8 Å². The molecule has 2 aromatic heterocycles. The molecule has 130 valence electrons. The van der Waals surface area contributed by atoms with Gasteiger partial charge in [-0.25, -0.2) is 8.42 Å². The van der Waals surface area contributed by atoms with Crippen molar-refractivity contribution in [2.24, 2.45) is 0 Å². The molecule has 8 nitrogen and oxygen atoms in total. The van der Waals surface area contributed by atoms with E-state index in [1.54, 1.807) is 0 Å². The van der Waals surface area contributed by atoms with E-state index in [9.17, 15) is 8.42 Å². The third-order valence-corrected chi connectivity index (χ3v) is 5.25. The second-order valence-electron chi connectivity index (χ2n) is 5.28. The SMILES string of the molecule is N#Cc1c[nH]c2c(NS(=O)(=O)c3cnn(CCCO)c3)ccc(Cl)c12. The molecule has 0 spiro atoms. The van der Waals surface area contributed by atoms with E-state index in [1.165, 1.54) is 35.4 Å². The van der Waals surface area contributed by atoms with E-state index in [2.05, 4.69) is 14.8 Å². The number of aromatic nitrogens is 3. The van der Waals surface area contributed by atoms with E-state index in [4.69, 9.17) is 22.0 Å². The topological polar surface area (TPSA) is 124 Å². The molecule has 25 heavy (non-hydrogen) atoms. The van der Waals surface area contributed by atoms with Crippen molar-refractivity contribution < 1.29 is 13.5 Å². The molecule has 2 heterocycles. The van der Waals surface area contributed by atoms with Gasteiger partial charge in [0.25, 0.3) is 10.0 Å². The van der Waals surface area contributed by atoms with Crippen LogP contribution in [0, 0.1) is 11.3 Å². The number of rotatable bonds is 6. The molecule has 0 fully saturated rings. The molecule has 0 saturated carbocycles. The minimum atomic E-state index is -3.86. The third-order valence-electron chi connectivity index (χ3n) is 3.61. The third kappa shape index (κ3) is 3.32. The average Bonchev–Trinajstić information content (AvgIpc) is 3.23. The molecule has 0 aliphatic rings. The number of sulfonamides is 1. The summed E-state index contributed by atoms with van der Waals surface area (Å²) in [6.45, 7) is 0.413. The van der Waals surface area contributed by atoms with Crippen molar-refractivity contribution >= 4 is 38.2 Å². The number of nitrogens with one attached hydrogen (secondary N) is 2. The van der Waals surface area contributed by atoms with E-state index in [0.29, 0.717) is 34.5 Å². The van der Waals surface area contributed by atoms with Crippen LogP contribution in [0.3, 0.4) is 0 Å². The maximum Gasteiger partial charge on any atom is 0.265 e. The number of anilines is 1. The van der Waals surface area contributed by atoms with E-state index in [1.807, 2.05) is 6.07 Å². The highest BCUT2D eigenvalue weighted by molar-refractivity contribution is 7.92. The van der Waals surface area contributed by atoms with Crippen LogP contribution >= 0.6 is 11.6 Å². The number of aromatic amines is 1. The first kappa shape index (κ1) is 17.3. The number of aliphatic hydroxyl groups is 1. The highest BCUT2D eigenvalue weighted by atomic mass is 35.5. The molecule has 3 rings (SSSR count). The fraction of sp³-hybridized carbons (Fsp3) is 0.200. The summed E-state index contributed by atoms with van der Waals surface area (Å²) in [4.78, 5) is 2.87. The second kappa shape index (κ2) is 6.76. The molecule has 0 saturated heterocycles. The number of H-pyrrole nitrogens is 1. The van der Waals surface area contributed by atoms with Crippen molar-refractivity contribution in [2.75, 3.05) is 11.3 Å². The average molecular weight is 380 g/mol. The Bertz CT molecular complexity index is 1060. The minimum absolute atomic E-state index is 0.000558. The lowest BCUT2D eigenvalue weighted by atomic mass is 10.1. The van der Waals surface area contributed by atoms with Crippen molar-refractivity contribution in [1.29, 1.82) is 5.26 Å². The quantitative estimate of drug-likeness (QED) is 0.604. The number of halogens is 1. The molecule has 1 aromatic carbocycles. The van der Waals surface area contributed by atoms with Gasteiger partial charge in [-0.1, -0.05) is 11.6 Å². The minimum Gasteiger partial charge on any atom is -0.396 e. The van der Waals surface area contributed by atoms with Crippen molar-refractivity contribution in [3.63, 3.8) is 0 Å². The Morgan fingerprint density at radius 3 is 2.96 bits per heavy atom. The van der Waals surface area contributed by atoms with Crippen molar-refractivity contribution in [3.8, 4) is 6.07 Å². The molecule has 0 unspecified atom stereocenters. The van der Waals surface area contributed by atoms with Gasteiger partial charge >= 0.3 is 0 Å². The number of hydrogen-bond acceptors (Lipinski definition) is 5. The van der Waals surface area contributed by atoms with Crippen LogP contribution in [0.25, 0.3) is 10.9 Å². The van der Waals surface area contributed by atoms with E-state index < -0.39 is 10.0 Å². The maximum atomic E-state index is 12.6. The summed E-state index contributed by atoms with van der Waals surface area (Å²) in [5.74, 6) is 0. The van der Waals surface area contributed by atoms with E-state index in [-0.39, 0.29) is 17.2 Å². The Labute approximate surface area is 148 Å². The second-order valence-corrected chi connectivity index (χ2v) is 7.37. The lowest BCUT2D eigenvalue weighted by Crippen LogP contribution is -2.12. The van der Waals surface area contributed by atoms with Gasteiger partial charge in [0.1, 0.15) is 11.0 Å². The Hall–Kier alpha value is -2.54. The van der Waals surface area contributed by atoms with Crippen LogP contribution in [0.1, 0.15) is 12.0 Å². The van der Waals surface area contributed by atoms with Crippen LogP contribution in [0.2, 0.25) is 5.02 Å². The summed E-state index contributed by atoms with van der Waals surface area (Å²) >= 11 is 6.11. The van der Waals surface area contributed by atoms with Crippen LogP contribution in [0.15, 0.2) is 35.6 Å². The first-order valence-electron chi connectivity index (χ1n) is 7.32. The summed E-state index contributed by atoms with van der Waals surface area (Å²) in [6, 6.07) is 5.06. The summed E-state index contributed by atoms with van der Waals surface area (Å²) in [5, 5.41) is 22.7. The monoisotopic (exact) mass is 379 g/mol. The molecule has 0 aliphatic carbocycles. The number of nitriles is 1. The van der Waals surface area contributed by atoms with Crippen LogP contribution in [0.5, 0.6) is 0 Å². The molecule has 3 N–H and O–H groups in total. The Kier molecular flexibility index (Phi) is 4.67. The van der Waals surface area contributed by atoms with Gasteiger partial charge in [-0.05, 0) is 18.6 Å². The van der Waals surface area contributed by atoms with Crippen LogP contribution < -0.4 is 4.72 Å². The van der Waals surface area contributed by atoms with Gasteiger partial charge in [-0.15, -0.1) is 0 Å². The number of hydrogen-bond donors (Lipinski definition) is 3. The van der Waals surface area contributed by atoms with Gasteiger partial charge in [0, 0.05) is 30.9 Å². The Morgan fingerprint density at radius 1 is 1.44 bits per heavy atom. The summed E-state index contributed by atoms with van der Waals surface area (Å²) in [6.07, 6.45) is 4.58. The van der Waals surface area contributed by atoms with Crippen molar-refractivity contribution in [2.45, 2.75) is 17.9 Å². The Morgan fingerprint density at radius 2 is 2.24 bits per heavy atom. The van der Waals surface area contributed by atoms with Gasteiger partial charge < -0.3 is 10.1 Å². The van der Waals surface area contributed by atoms with Gasteiger partial charge in [-0.3, -0.25) is 9.40 Å². The summed E-state index contributed by atoms with van der Waals surface area (Å²) < 4.78 is 29.1. The molecule has 0 atom stereocenters. The maximum absolute atomic E-state index is 12.6. The summed E-state index contributed by atoms with van der Waals surface area (Å²) in [5.41, 5.74) is 1.04. The Balaban J connectivity index is 1.95. The standard InChI is InChI=1S/C15H14ClN5O3S/c16-12-2-3-13(15-14(12)10(6-17)7-18-15)20-25(23,24)11-8-19-21(9-11)4-1-5-22/h2-3,7-9,18,20,22H,1,4-5H2. The zero-order valence-corrected chi connectivity index (χ0v) is 14.5. The first-order valence-corrected chi connectivity index (χ1v) is 9.18. The molecule has 10 heteroatoms. The highest BCUT2D eigenvalue weighted by Crippen LogP contribution is 2.32. The number of nitrogens with zero attached hydrogens (tertiary/aromatic N) is 3. The molecular formula is C15H14ClN5O3S. The van der Waals surface area contributed by atoms with Crippen LogP contribution in [-0.4, -0.2) is 34.9 Å². The molecular weight excluding hydrogens is 366 g/mol. The van der Waals surface area contributed by atoms with E-state index in [0.717, 1.165) is 0 Å². The van der Waals surface area contributed by atoms with Crippen LogP contribution in [0.4, 0.5) is 5.69 Å². The molecule has 0 amide bonds. The lowest BCUT2D eigenvalue weighted by molar-refractivity contribution is 0.277. The number of benzene rings is 1. The first-order chi connectivity index (χ1) is 12.0. The number of fused-ring (bicyclic) bond motifs is 1. The summed E-state index contributed by atoms with van der Waals surface area (Å²) in [7, 11) is -3.86. The molecule has 0 aliphatic heterocycles. The van der Waals surface area contributed by atoms with Gasteiger partial charge in [-0.2, -0.15) is 10.4 Å². The predicted octanol–water partition coefficient (Wildman–Crippen LogP) is 2.07. The fourth-order valence-electron chi connectivity index (χ4n) is 2.42. The zero-order chi connectivity index (χ0) is 18.0. The zero-order valence-electron chi connectivity index (χ0n) is 12.9. The number of aliphatic hydroxyl groups excluding tert-OH is 1. The fourth-order valence-corrected chi connectivity index (χ4v) is 3.71. The molecule has 3 aromatic rings. The lowest BCUT2D eigenvalue weighted by Gasteiger charge is -2.08. The van der Waals surface area contributed by atoms with Gasteiger partial charge in [0.15, 0.2) is 0 Å². The number of aryl methyl sites for hydroxylation is 1. The normalized spacial score (nSPS) is 11.6. The van der Waals surface area contributed by atoms with Crippen LogP contribution in [-0.2, 0) is 16.6 Å². The van der Waals surface area contributed by atoms with Crippen molar-refractivity contribution in [3.05, 3.63) is 41.3 Å². The predicted molar refractivity (Wildman–Crippen MR) is 92.8 cm³/mol. The largest absolute Gasteiger partial charge is 0.396 e. The van der Waals surface area contributed by atoms with Gasteiger partial charge in [0.2, 0.25) is 0 Å². The molecule has 0 radical (unpaired) electrons. The molecule has 0 bridgehead atoms.